The van der Waals surface area contributed by atoms with Crippen LogP contribution in [0.3, 0.4) is 0 Å². The molecule has 5 nitrogen and oxygen atoms in total. The van der Waals surface area contributed by atoms with Gasteiger partial charge in [-0.25, -0.2) is 4.79 Å². The largest absolute Gasteiger partial charge is 0.494 e. The number of ketones is 1. The molecule has 0 aliphatic carbocycles. The molecule has 1 aromatic rings. The molecule has 5 heteroatoms. The molecule has 18 heavy (non-hydrogen) atoms. The van der Waals surface area contributed by atoms with Crippen molar-refractivity contribution in [1.82, 2.24) is 0 Å². The minimum atomic E-state index is -1.09. The molecule has 2 rings (SSSR count). The summed E-state index contributed by atoms with van der Waals surface area (Å²) in [7, 11) is 0. The fraction of sp³-hybridized carbons (Fsp3) is 0.385. The van der Waals surface area contributed by atoms with Crippen LogP contribution in [0.15, 0.2) is 22.3 Å². The van der Waals surface area contributed by atoms with Crippen LogP contribution < -0.4 is 0 Å². The highest BCUT2D eigenvalue weighted by atomic mass is 16.5. The second kappa shape index (κ2) is 4.68. The topological polar surface area (TPSA) is 76.7 Å². The summed E-state index contributed by atoms with van der Waals surface area (Å²) in [6, 6.07) is 1.67. The van der Waals surface area contributed by atoms with Gasteiger partial charge in [0.05, 0.1) is 5.76 Å². The number of hydrogen-bond acceptors (Lipinski definition) is 4. The second-order valence-electron chi connectivity index (χ2n) is 4.40. The third-order valence-electron chi connectivity index (χ3n) is 2.74. The normalized spacial score (nSPS) is 19.3. The standard InChI is InChI=1S/C13H14O5/c1-7-3-10(18-12(7)13(15)16)6-11-5-9(14)4-8(2)17-11/h3-4,11H,5-6H2,1-2H3,(H,15,16). The molecule has 1 aliphatic heterocycles. The van der Waals surface area contributed by atoms with Gasteiger partial charge in [-0.15, -0.1) is 0 Å². The zero-order chi connectivity index (χ0) is 13.3. The van der Waals surface area contributed by atoms with Crippen molar-refractivity contribution < 1.29 is 23.8 Å². The molecule has 0 fully saturated rings. The highest BCUT2D eigenvalue weighted by Crippen LogP contribution is 2.21. The zero-order valence-electron chi connectivity index (χ0n) is 10.2. The predicted octanol–water partition coefficient (Wildman–Crippen LogP) is 2.09. The highest BCUT2D eigenvalue weighted by molar-refractivity contribution is 5.91. The van der Waals surface area contributed by atoms with Crippen molar-refractivity contribution in [2.75, 3.05) is 0 Å². The molecule has 1 atom stereocenters. The monoisotopic (exact) mass is 250 g/mol. The van der Waals surface area contributed by atoms with Crippen LogP contribution in [0.25, 0.3) is 0 Å². The van der Waals surface area contributed by atoms with Crippen molar-refractivity contribution in [3.63, 3.8) is 0 Å². The van der Waals surface area contributed by atoms with Gasteiger partial charge >= 0.3 is 5.97 Å². The van der Waals surface area contributed by atoms with Gasteiger partial charge in [0.2, 0.25) is 5.76 Å². The van der Waals surface area contributed by atoms with Gasteiger partial charge in [-0.05, 0) is 19.9 Å². The molecule has 0 saturated heterocycles. The van der Waals surface area contributed by atoms with Crippen LogP contribution in [0.1, 0.15) is 35.2 Å². The van der Waals surface area contributed by atoms with Crippen molar-refractivity contribution >= 4 is 11.8 Å². The van der Waals surface area contributed by atoms with E-state index in [4.69, 9.17) is 14.3 Å². The smallest absolute Gasteiger partial charge is 0.372 e. The first kappa shape index (κ1) is 12.4. The van der Waals surface area contributed by atoms with E-state index in [2.05, 4.69) is 0 Å². The number of hydrogen-bond donors (Lipinski definition) is 1. The Hall–Kier alpha value is -2.04. The Bertz CT molecular complexity index is 523. The summed E-state index contributed by atoms with van der Waals surface area (Å²) in [4.78, 5) is 22.2. The quantitative estimate of drug-likeness (QED) is 0.888. The number of carboxylic acid groups (broad SMARTS) is 1. The molecule has 1 aromatic heterocycles. The summed E-state index contributed by atoms with van der Waals surface area (Å²) in [5, 5.41) is 8.88. The van der Waals surface area contributed by atoms with Gasteiger partial charge in [0.1, 0.15) is 11.9 Å². The number of furan rings is 1. The Kier molecular flexibility index (Phi) is 3.23. The Balaban J connectivity index is 2.11. The summed E-state index contributed by atoms with van der Waals surface area (Å²) in [5.41, 5.74) is 0.576. The lowest BCUT2D eigenvalue weighted by atomic mass is 10.1. The molecular formula is C13H14O5. The molecule has 0 spiro atoms. The van der Waals surface area contributed by atoms with E-state index in [-0.39, 0.29) is 17.6 Å². The van der Waals surface area contributed by atoms with Gasteiger partial charge in [0, 0.05) is 24.5 Å². The third-order valence-corrected chi connectivity index (χ3v) is 2.74. The van der Waals surface area contributed by atoms with Crippen LogP contribution in [0.2, 0.25) is 0 Å². The minimum absolute atomic E-state index is 0.0190. The van der Waals surface area contributed by atoms with Gasteiger partial charge < -0.3 is 14.3 Å². The molecule has 0 radical (unpaired) electrons. The molecule has 0 saturated carbocycles. The average Bonchev–Trinajstić information content (AvgIpc) is 2.57. The summed E-state index contributed by atoms with van der Waals surface area (Å²) in [6.45, 7) is 3.40. The van der Waals surface area contributed by atoms with Crippen LogP contribution in [-0.4, -0.2) is 23.0 Å². The van der Waals surface area contributed by atoms with Gasteiger partial charge in [0.25, 0.3) is 0 Å². The van der Waals surface area contributed by atoms with E-state index in [1.807, 2.05) is 0 Å². The predicted molar refractivity (Wildman–Crippen MR) is 62.4 cm³/mol. The molecule has 0 bridgehead atoms. The van der Waals surface area contributed by atoms with Crippen LogP contribution in [0.5, 0.6) is 0 Å². The molecule has 1 aliphatic rings. The third kappa shape index (κ3) is 2.61. The van der Waals surface area contributed by atoms with Crippen LogP contribution >= 0.6 is 0 Å². The lowest BCUT2D eigenvalue weighted by Crippen LogP contribution is -2.23. The maximum Gasteiger partial charge on any atom is 0.372 e. The number of carbonyl (C=O) groups is 2. The van der Waals surface area contributed by atoms with Crippen molar-refractivity contribution in [3.8, 4) is 0 Å². The first-order valence-electron chi connectivity index (χ1n) is 5.66. The highest BCUT2D eigenvalue weighted by Gasteiger charge is 2.23. The van der Waals surface area contributed by atoms with Gasteiger partial charge in [-0.2, -0.15) is 0 Å². The molecule has 2 heterocycles. The fourth-order valence-electron chi connectivity index (χ4n) is 2.05. The van der Waals surface area contributed by atoms with E-state index in [9.17, 15) is 9.59 Å². The summed E-state index contributed by atoms with van der Waals surface area (Å²) >= 11 is 0. The maximum absolute atomic E-state index is 11.4. The summed E-state index contributed by atoms with van der Waals surface area (Å²) < 4.78 is 10.7. The molecule has 96 valence electrons. The van der Waals surface area contributed by atoms with E-state index in [0.717, 1.165) is 0 Å². The molecule has 0 amide bonds. The molecule has 1 N–H and O–H groups in total. The summed E-state index contributed by atoms with van der Waals surface area (Å²) in [5.74, 6) is -0.0178. The number of carbonyl (C=O) groups excluding carboxylic acids is 1. The van der Waals surface area contributed by atoms with E-state index in [1.54, 1.807) is 19.9 Å². The van der Waals surface area contributed by atoms with Gasteiger partial charge in [-0.3, -0.25) is 4.79 Å². The lowest BCUT2D eigenvalue weighted by Gasteiger charge is -2.21. The zero-order valence-corrected chi connectivity index (χ0v) is 10.2. The molecule has 0 aromatic carbocycles. The Labute approximate surface area is 104 Å². The average molecular weight is 250 g/mol. The molecular weight excluding hydrogens is 236 g/mol. The number of carboxylic acids is 1. The number of rotatable bonds is 3. The van der Waals surface area contributed by atoms with Crippen LogP contribution in [0, 0.1) is 6.92 Å². The maximum atomic E-state index is 11.4. The van der Waals surface area contributed by atoms with Crippen molar-refractivity contribution in [3.05, 3.63) is 35.0 Å². The fourth-order valence-corrected chi connectivity index (χ4v) is 2.05. The summed E-state index contributed by atoms with van der Waals surface area (Å²) in [6.07, 6.45) is 1.87. The lowest BCUT2D eigenvalue weighted by molar-refractivity contribution is -0.118. The Morgan fingerprint density at radius 3 is 2.78 bits per heavy atom. The van der Waals surface area contributed by atoms with Crippen LogP contribution in [-0.2, 0) is 16.0 Å². The Morgan fingerprint density at radius 2 is 2.22 bits per heavy atom. The van der Waals surface area contributed by atoms with Crippen molar-refractivity contribution in [2.45, 2.75) is 32.8 Å². The SMILES string of the molecule is CC1=CC(=O)CC(Cc2cc(C)c(C(=O)O)o2)O1. The molecule has 1 unspecified atom stereocenters. The first-order valence-corrected chi connectivity index (χ1v) is 5.66. The van der Waals surface area contributed by atoms with E-state index in [0.29, 0.717) is 29.9 Å². The van der Waals surface area contributed by atoms with Crippen LogP contribution in [0.4, 0.5) is 0 Å². The number of ether oxygens (including phenoxy) is 1. The Morgan fingerprint density at radius 1 is 1.50 bits per heavy atom. The van der Waals surface area contributed by atoms with E-state index < -0.39 is 5.97 Å². The minimum Gasteiger partial charge on any atom is -0.494 e. The number of allylic oxidation sites excluding steroid dienone is 2. The first-order chi connectivity index (χ1) is 8.45. The second-order valence-corrected chi connectivity index (χ2v) is 4.40. The van der Waals surface area contributed by atoms with Crippen molar-refractivity contribution in [2.24, 2.45) is 0 Å². The van der Waals surface area contributed by atoms with E-state index in [1.165, 1.54) is 6.08 Å². The van der Waals surface area contributed by atoms with E-state index >= 15 is 0 Å². The van der Waals surface area contributed by atoms with Crippen molar-refractivity contribution in [1.29, 1.82) is 0 Å². The number of aromatic carboxylic acids is 1. The van der Waals surface area contributed by atoms with Gasteiger partial charge in [-0.1, -0.05) is 0 Å². The number of aryl methyl sites for hydroxylation is 1. The van der Waals surface area contributed by atoms with Gasteiger partial charge in [0.15, 0.2) is 5.78 Å².